The molecule has 8 nitrogen and oxygen atoms in total. The molecule has 2 bridgehead atoms. The lowest BCUT2D eigenvalue weighted by Gasteiger charge is -2.47. The number of carbonyl (C=O) groups is 1. The summed E-state index contributed by atoms with van der Waals surface area (Å²) in [4.78, 5) is 16.8. The fraction of sp³-hybridized carbons (Fsp3) is 0.571. The van der Waals surface area contributed by atoms with Gasteiger partial charge in [0, 0.05) is 36.3 Å². The van der Waals surface area contributed by atoms with Crippen LogP contribution in [0.3, 0.4) is 0 Å². The number of piperidine rings is 2. The summed E-state index contributed by atoms with van der Waals surface area (Å²) in [6, 6.07) is 4.75. The predicted octanol–water partition coefficient (Wildman–Crippen LogP) is 2.76. The van der Waals surface area contributed by atoms with E-state index in [9.17, 15) is 13.2 Å². The van der Waals surface area contributed by atoms with Crippen LogP contribution in [0.2, 0.25) is 0 Å². The maximum Gasteiger partial charge on any atom is 0.273 e. The molecule has 2 saturated heterocycles. The third-order valence-electron chi connectivity index (χ3n) is 6.41. The van der Waals surface area contributed by atoms with Crippen molar-refractivity contribution in [3.8, 4) is 0 Å². The summed E-state index contributed by atoms with van der Waals surface area (Å²) in [6.45, 7) is 1.88. The normalized spacial score (nSPS) is 27.0. The highest BCUT2D eigenvalue weighted by molar-refractivity contribution is 7.89. The molecule has 1 amide bonds. The van der Waals surface area contributed by atoms with Crippen LogP contribution >= 0.6 is 0 Å². The van der Waals surface area contributed by atoms with Crippen molar-refractivity contribution >= 4 is 15.9 Å². The molecule has 0 radical (unpaired) electrons. The van der Waals surface area contributed by atoms with E-state index < -0.39 is 10.0 Å². The maximum absolute atomic E-state index is 13.3. The highest BCUT2D eigenvalue weighted by Crippen LogP contribution is 2.40. The number of amides is 1. The first-order valence-electron chi connectivity index (χ1n) is 10.7. The van der Waals surface area contributed by atoms with Crippen molar-refractivity contribution < 1.29 is 17.7 Å². The van der Waals surface area contributed by atoms with Crippen LogP contribution < -0.4 is 5.32 Å². The lowest BCUT2D eigenvalue weighted by molar-refractivity contribution is 0.0789. The Bertz CT molecular complexity index is 1030. The SMILES string of the molecule is Cc1ccc(S(=O)(=O)N2C3CCC[C@@H]2C[C@@H](NC(=O)c2cc(C4CC4)on2)C3)nc1. The number of aromatic nitrogens is 2. The zero-order chi connectivity index (χ0) is 20.9. The van der Waals surface area contributed by atoms with Gasteiger partial charge in [0.15, 0.2) is 10.7 Å². The van der Waals surface area contributed by atoms with E-state index in [0.717, 1.165) is 43.4 Å². The van der Waals surface area contributed by atoms with Crippen molar-refractivity contribution in [1.82, 2.24) is 19.8 Å². The molecule has 2 aromatic rings. The molecular formula is C21H26N4O4S. The molecule has 30 heavy (non-hydrogen) atoms. The fourth-order valence-electron chi connectivity index (χ4n) is 4.78. The Morgan fingerprint density at radius 3 is 2.53 bits per heavy atom. The maximum atomic E-state index is 13.3. The van der Waals surface area contributed by atoms with Crippen molar-refractivity contribution in [2.75, 3.05) is 0 Å². The first-order chi connectivity index (χ1) is 14.4. The fourth-order valence-corrected chi connectivity index (χ4v) is 6.59. The van der Waals surface area contributed by atoms with Crippen molar-refractivity contribution in [2.24, 2.45) is 0 Å². The van der Waals surface area contributed by atoms with Crippen LogP contribution in [0.1, 0.15) is 72.7 Å². The molecule has 3 aliphatic rings. The van der Waals surface area contributed by atoms with Crippen LogP contribution in [0.15, 0.2) is 33.9 Å². The molecule has 1 saturated carbocycles. The Labute approximate surface area is 176 Å². The van der Waals surface area contributed by atoms with E-state index in [0.29, 0.717) is 24.5 Å². The summed E-state index contributed by atoms with van der Waals surface area (Å²) >= 11 is 0. The Morgan fingerprint density at radius 1 is 1.17 bits per heavy atom. The number of aryl methyl sites for hydroxylation is 1. The van der Waals surface area contributed by atoms with Crippen molar-refractivity contribution in [3.63, 3.8) is 0 Å². The highest BCUT2D eigenvalue weighted by atomic mass is 32.2. The van der Waals surface area contributed by atoms with Crippen LogP contribution in [-0.4, -0.2) is 46.9 Å². The molecule has 3 atom stereocenters. The molecule has 3 fully saturated rings. The Kier molecular flexibility index (Phi) is 4.89. The second-order valence-corrected chi connectivity index (χ2v) is 10.6. The van der Waals surface area contributed by atoms with Gasteiger partial charge in [0.2, 0.25) is 0 Å². The largest absolute Gasteiger partial charge is 0.360 e. The summed E-state index contributed by atoms with van der Waals surface area (Å²) in [5.41, 5.74) is 1.23. The van der Waals surface area contributed by atoms with E-state index >= 15 is 0 Å². The molecule has 9 heteroatoms. The third kappa shape index (κ3) is 3.65. The first kappa shape index (κ1) is 19.7. The number of pyridine rings is 1. The average Bonchev–Trinajstić information content (AvgIpc) is 3.44. The molecule has 1 unspecified atom stereocenters. The summed E-state index contributed by atoms with van der Waals surface area (Å²) < 4.78 is 33.5. The van der Waals surface area contributed by atoms with E-state index in [1.807, 2.05) is 6.92 Å². The minimum Gasteiger partial charge on any atom is -0.360 e. The molecular weight excluding hydrogens is 404 g/mol. The Morgan fingerprint density at radius 2 is 1.90 bits per heavy atom. The second-order valence-electron chi connectivity index (χ2n) is 8.78. The van der Waals surface area contributed by atoms with Crippen LogP contribution in [-0.2, 0) is 10.0 Å². The summed E-state index contributed by atoms with van der Waals surface area (Å²) in [5.74, 6) is 0.941. The molecule has 4 heterocycles. The molecule has 2 aromatic heterocycles. The van der Waals surface area contributed by atoms with Gasteiger partial charge in [-0.3, -0.25) is 4.79 Å². The lowest BCUT2D eigenvalue weighted by atomic mass is 9.84. The van der Waals surface area contributed by atoms with Crippen LogP contribution in [0.25, 0.3) is 0 Å². The number of fused-ring (bicyclic) bond motifs is 2. The van der Waals surface area contributed by atoms with Gasteiger partial charge in [0.25, 0.3) is 15.9 Å². The lowest BCUT2D eigenvalue weighted by Crippen LogP contribution is -2.58. The zero-order valence-electron chi connectivity index (χ0n) is 17.0. The van der Waals surface area contributed by atoms with Crippen LogP contribution in [0.5, 0.6) is 0 Å². The van der Waals surface area contributed by atoms with Gasteiger partial charge >= 0.3 is 0 Å². The van der Waals surface area contributed by atoms with E-state index in [-0.39, 0.29) is 29.1 Å². The predicted molar refractivity (Wildman–Crippen MR) is 108 cm³/mol. The second kappa shape index (κ2) is 7.46. The van der Waals surface area contributed by atoms with Gasteiger partial charge in [-0.2, -0.15) is 4.31 Å². The van der Waals surface area contributed by atoms with Gasteiger partial charge in [-0.25, -0.2) is 13.4 Å². The number of carbonyl (C=O) groups excluding carboxylic acids is 1. The quantitative estimate of drug-likeness (QED) is 0.782. The Hall–Kier alpha value is -2.26. The van der Waals surface area contributed by atoms with E-state index in [2.05, 4.69) is 15.5 Å². The van der Waals surface area contributed by atoms with Crippen molar-refractivity contribution in [1.29, 1.82) is 0 Å². The third-order valence-corrected chi connectivity index (χ3v) is 8.33. The topological polar surface area (TPSA) is 105 Å². The van der Waals surface area contributed by atoms with Gasteiger partial charge in [0.05, 0.1) is 0 Å². The minimum absolute atomic E-state index is 0.0775. The van der Waals surface area contributed by atoms with Gasteiger partial charge in [0.1, 0.15) is 5.76 Å². The first-order valence-corrected chi connectivity index (χ1v) is 12.1. The number of nitrogens with one attached hydrogen (secondary N) is 1. The molecule has 5 rings (SSSR count). The van der Waals surface area contributed by atoms with Crippen molar-refractivity contribution in [2.45, 2.75) is 80.9 Å². The van der Waals surface area contributed by atoms with Gasteiger partial charge < -0.3 is 9.84 Å². The van der Waals surface area contributed by atoms with Crippen molar-refractivity contribution in [3.05, 3.63) is 41.4 Å². The molecule has 1 N–H and O–H groups in total. The van der Waals surface area contributed by atoms with E-state index in [1.165, 1.54) is 0 Å². The van der Waals surface area contributed by atoms with Gasteiger partial charge in [-0.1, -0.05) is 17.6 Å². The number of hydrogen-bond acceptors (Lipinski definition) is 6. The number of sulfonamides is 1. The highest BCUT2D eigenvalue weighted by Gasteiger charge is 2.45. The molecule has 0 spiro atoms. The monoisotopic (exact) mass is 430 g/mol. The summed E-state index contributed by atoms with van der Waals surface area (Å²) in [6.07, 6.45) is 7.54. The number of nitrogens with zero attached hydrogens (tertiary/aromatic N) is 3. The van der Waals surface area contributed by atoms with E-state index in [1.54, 1.807) is 28.7 Å². The number of rotatable bonds is 5. The summed E-state index contributed by atoms with van der Waals surface area (Å²) in [7, 11) is -3.66. The summed E-state index contributed by atoms with van der Waals surface area (Å²) in [5, 5.41) is 7.07. The number of hydrogen-bond donors (Lipinski definition) is 1. The minimum atomic E-state index is -3.66. The standard InChI is InChI=1S/C21H26N4O4S/c1-13-5-8-20(22-12-13)30(27,28)25-16-3-2-4-17(25)10-15(9-16)23-21(26)18-11-19(29-24-18)14-6-7-14/h5,8,11-12,14-17H,2-4,6-7,9-10H2,1H3,(H,23,26)/t15-,16-,17?/m1/s1. The molecule has 1 aliphatic carbocycles. The van der Waals surface area contributed by atoms with Gasteiger partial charge in [-0.05, 0) is 57.1 Å². The molecule has 2 aliphatic heterocycles. The molecule has 160 valence electrons. The van der Waals surface area contributed by atoms with E-state index in [4.69, 9.17) is 4.52 Å². The molecule has 0 aromatic carbocycles. The Balaban J connectivity index is 1.30. The van der Waals surface area contributed by atoms with Gasteiger partial charge in [-0.15, -0.1) is 0 Å². The van der Waals surface area contributed by atoms with Crippen LogP contribution in [0, 0.1) is 6.92 Å². The zero-order valence-corrected chi connectivity index (χ0v) is 17.8. The smallest absolute Gasteiger partial charge is 0.273 e. The van der Waals surface area contributed by atoms with Crippen LogP contribution in [0.4, 0.5) is 0 Å². The average molecular weight is 431 g/mol.